The number of ether oxygens (including phenoxy) is 2. The first-order valence-electron chi connectivity index (χ1n) is 6.46. The molecule has 2 aromatic rings. The number of benzene rings is 2. The summed E-state index contributed by atoms with van der Waals surface area (Å²) < 4.78 is 9.69. The molecule has 3 heteroatoms. The van der Waals surface area contributed by atoms with Crippen molar-refractivity contribution in [2.45, 2.75) is 6.92 Å². The Balaban J connectivity index is 1.98. The molecule has 0 unspecified atom stereocenters. The van der Waals surface area contributed by atoms with Crippen LogP contribution in [0.5, 0.6) is 5.75 Å². The Labute approximate surface area is 118 Å². The van der Waals surface area contributed by atoms with Gasteiger partial charge in [0.1, 0.15) is 5.75 Å². The van der Waals surface area contributed by atoms with Crippen molar-refractivity contribution >= 4 is 18.3 Å². The standard InChI is InChI=1S/C17H16O3/c1-2-19-17(18)20-16-12-10-15(11-13-16)9-8-14-6-4-3-5-7-14/h3-13H,2H2,1H3. The summed E-state index contributed by atoms with van der Waals surface area (Å²) in [4.78, 5) is 11.1. The van der Waals surface area contributed by atoms with Gasteiger partial charge in [-0.2, -0.15) is 0 Å². The highest BCUT2D eigenvalue weighted by Gasteiger charge is 2.03. The molecule has 0 saturated carbocycles. The van der Waals surface area contributed by atoms with E-state index in [1.807, 2.05) is 54.6 Å². The van der Waals surface area contributed by atoms with Gasteiger partial charge in [0, 0.05) is 0 Å². The average molecular weight is 268 g/mol. The van der Waals surface area contributed by atoms with Crippen molar-refractivity contribution in [1.82, 2.24) is 0 Å². The molecular formula is C17H16O3. The molecule has 102 valence electrons. The Bertz CT molecular complexity index is 571. The van der Waals surface area contributed by atoms with Crippen LogP contribution < -0.4 is 4.74 Å². The maximum atomic E-state index is 11.1. The van der Waals surface area contributed by atoms with Gasteiger partial charge in [-0.25, -0.2) is 4.79 Å². The second-order valence-corrected chi connectivity index (χ2v) is 4.10. The Hall–Kier alpha value is -2.55. The minimum Gasteiger partial charge on any atom is -0.434 e. The first-order valence-corrected chi connectivity index (χ1v) is 6.46. The molecule has 0 atom stereocenters. The summed E-state index contributed by atoms with van der Waals surface area (Å²) in [5.41, 5.74) is 2.17. The van der Waals surface area contributed by atoms with Crippen molar-refractivity contribution in [3.8, 4) is 5.75 Å². The van der Waals surface area contributed by atoms with Crippen LogP contribution in [0.15, 0.2) is 54.6 Å². The van der Waals surface area contributed by atoms with Crippen molar-refractivity contribution < 1.29 is 14.3 Å². The normalized spacial score (nSPS) is 10.4. The molecule has 0 saturated heterocycles. The molecule has 0 aliphatic rings. The van der Waals surface area contributed by atoms with E-state index in [1.54, 1.807) is 19.1 Å². The van der Waals surface area contributed by atoms with Crippen LogP contribution in [0.1, 0.15) is 18.1 Å². The third kappa shape index (κ3) is 4.28. The van der Waals surface area contributed by atoms with Gasteiger partial charge in [-0.05, 0) is 30.2 Å². The largest absolute Gasteiger partial charge is 0.513 e. The fourth-order valence-corrected chi connectivity index (χ4v) is 1.65. The molecule has 2 aromatic carbocycles. The van der Waals surface area contributed by atoms with Gasteiger partial charge in [0.2, 0.25) is 0 Å². The lowest BCUT2D eigenvalue weighted by Gasteiger charge is -2.03. The number of hydrogen-bond donors (Lipinski definition) is 0. The second-order valence-electron chi connectivity index (χ2n) is 4.10. The molecule has 0 heterocycles. The molecule has 0 radical (unpaired) electrons. The topological polar surface area (TPSA) is 35.5 Å². The van der Waals surface area contributed by atoms with Gasteiger partial charge in [-0.3, -0.25) is 0 Å². The molecule has 0 spiro atoms. The lowest BCUT2D eigenvalue weighted by Crippen LogP contribution is -2.09. The molecule has 0 N–H and O–H groups in total. The van der Waals surface area contributed by atoms with Gasteiger partial charge in [0.05, 0.1) is 6.61 Å². The highest BCUT2D eigenvalue weighted by Crippen LogP contribution is 2.15. The molecule has 20 heavy (non-hydrogen) atoms. The van der Waals surface area contributed by atoms with Crippen molar-refractivity contribution in [3.05, 3.63) is 65.7 Å². The summed E-state index contributed by atoms with van der Waals surface area (Å²) in [5, 5.41) is 0. The Morgan fingerprint density at radius 1 is 0.950 bits per heavy atom. The van der Waals surface area contributed by atoms with E-state index < -0.39 is 6.16 Å². The fourth-order valence-electron chi connectivity index (χ4n) is 1.65. The van der Waals surface area contributed by atoms with E-state index in [4.69, 9.17) is 9.47 Å². The van der Waals surface area contributed by atoms with Gasteiger partial charge in [-0.1, -0.05) is 54.6 Å². The zero-order valence-electron chi connectivity index (χ0n) is 11.3. The molecule has 0 aliphatic carbocycles. The van der Waals surface area contributed by atoms with Crippen LogP contribution in [-0.2, 0) is 4.74 Å². The van der Waals surface area contributed by atoms with Crippen molar-refractivity contribution in [1.29, 1.82) is 0 Å². The van der Waals surface area contributed by atoms with Gasteiger partial charge in [-0.15, -0.1) is 0 Å². The summed E-state index contributed by atoms with van der Waals surface area (Å²) in [6.45, 7) is 2.04. The minimum atomic E-state index is -0.680. The Kier molecular flexibility index (Phi) is 4.95. The van der Waals surface area contributed by atoms with Crippen molar-refractivity contribution in [2.75, 3.05) is 6.61 Å². The van der Waals surface area contributed by atoms with E-state index in [2.05, 4.69) is 0 Å². The number of rotatable bonds is 4. The Morgan fingerprint density at radius 2 is 1.55 bits per heavy atom. The van der Waals surface area contributed by atoms with Crippen LogP contribution in [0.4, 0.5) is 4.79 Å². The van der Waals surface area contributed by atoms with Gasteiger partial charge in [0.15, 0.2) is 0 Å². The van der Waals surface area contributed by atoms with E-state index in [1.165, 1.54) is 0 Å². The number of carbonyl (C=O) groups excluding carboxylic acids is 1. The van der Waals surface area contributed by atoms with E-state index in [-0.39, 0.29) is 0 Å². The highest BCUT2D eigenvalue weighted by atomic mass is 16.7. The zero-order chi connectivity index (χ0) is 14.2. The maximum Gasteiger partial charge on any atom is 0.513 e. The van der Waals surface area contributed by atoms with E-state index in [0.717, 1.165) is 11.1 Å². The first-order chi connectivity index (χ1) is 9.78. The summed E-state index contributed by atoms with van der Waals surface area (Å²) in [6.07, 6.45) is 3.35. The predicted octanol–water partition coefficient (Wildman–Crippen LogP) is 4.39. The Morgan fingerprint density at radius 3 is 2.15 bits per heavy atom. The molecule has 2 rings (SSSR count). The lowest BCUT2D eigenvalue weighted by atomic mass is 10.1. The van der Waals surface area contributed by atoms with Crippen molar-refractivity contribution in [3.63, 3.8) is 0 Å². The van der Waals surface area contributed by atoms with Gasteiger partial charge in [0.25, 0.3) is 0 Å². The number of carbonyl (C=O) groups is 1. The van der Waals surface area contributed by atoms with Gasteiger partial charge >= 0.3 is 6.16 Å². The lowest BCUT2D eigenvalue weighted by molar-refractivity contribution is 0.104. The molecule has 0 aromatic heterocycles. The third-order valence-electron chi connectivity index (χ3n) is 2.61. The third-order valence-corrected chi connectivity index (χ3v) is 2.61. The summed E-state index contributed by atoms with van der Waals surface area (Å²) >= 11 is 0. The maximum absolute atomic E-state index is 11.1. The van der Waals surface area contributed by atoms with E-state index in [9.17, 15) is 4.79 Å². The molecule has 3 nitrogen and oxygen atoms in total. The minimum absolute atomic E-state index is 0.302. The van der Waals surface area contributed by atoms with Crippen LogP contribution in [0.3, 0.4) is 0 Å². The molecule has 0 aliphatic heterocycles. The second kappa shape index (κ2) is 7.14. The predicted molar refractivity (Wildman–Crippen MR) is 79.5 cm³/mol. The van der Waals surface area contributed by atoms with Crippen LogP contribution >= 0.6 is 0 Å². The SMILES string of the molecule is CCOC(=O)Oc1ccc(C=Cc2ccccc2)cc1. The summed E-state index contributed by atoms with van der Waals surface area (Å²) in [7, 11) is 0. The smallest absolute Gasteiger partial charge is 0.434 e. The van der Waals surface area contributed by atoms with Crippen LogP contribution in [0.2, 0.25) is 0 Å². The first kappa shape index (κ1) is 13.9. The molecule has 0 amide bonds. The van der Waals surface area contributed by atoms with E-state index in [0.29, 0.717) is 12.4 Å². The zero-order valence-corrected chi connectivity index (χ0v) is 11.3. The quantitative estimate of drug-likeness (QED) is 0.468. The fraction of sp³-hybridized carbons (Fsp3) is 0.118. The van der Waals surface area contributed by atoms with Crippen molar-refractivity contribution in [2.24, 2.45) is 0 Å². The molecule has 0 fully saturated rings. The van der Waals surface area contributed by atoms with E-state index >= 15 is 0 Å². The number of hydrogen-bond acceptors (Lipinski definition) is 3. The molecular weight excluding hydrogens is 252 g/mol. The molecule has 0 bridgehead atoms. The van der Waals surface area contributed by atoms with Crippen LogP contribution in [-0.4, -0.2) is 12.8 Å². The van der Waals surface area contributed by atoms with Crippen LogP contribution in [0, 0.1) is 0 Å². The summed E-state index contributed by atoms with van der Waals surface area (Å²) in [6, 6.07) is 17.3. The average Bonchev–Trinajstić information content (AvgIpc) is 2.48. The van der Waals surface area contributed by atoms with Crippen LogP contribution in [0.25, 0.3) is 12.2 Å². The van der Waals surface area contributed by atoms with Gasteiger partial charge < -0.3 is 9.47 Å². The summed E-state index contributed by atoms with van der Waals surface area (Å²) in [5.74, 6) is 0.473. The monoisotopic (exact) mass is 268 g/mol. The highest BCUT2D eigenvalue weighted by molar-refractivity contribution is 5.70.